The molecule has 0 saturated carbocycles. The minimum atomic E-state index is -3.18. The minimum Gasteiger partial charge on any atom is -0.481 e. The lowest BCUT2D eigenvalue weighted by molar-refractivity contribution is -0.136. The zero-order valence-electron chi connectivity index (χ0n) is 23.1. The lowest BCUT2D eigenvalue weighted by Crippen LogP contribution is -2.16. The van der Waals surface area contributed by atoms with Crippen molar-refractivity contribution in [3.63, 3.8) is 0 Å². The van der Waals surface area contributed by atoms with Crippen LogP contribution < -0.4 is 11.1 Å². The van der Waals surface area contributed by atoms with Gasteiger partial charge in [-0.2, -0.15) is 9.46 Å². The highest BCUT2D eigenvalue weighted by atomic mass is 32.2. The smallest absolute Gasteiger partial charge is 0.307 e. The van der Waals surface area contributed by atoms with Crippen LogP contribution >= 0.6 is 0 Å². The molecule has 0 fully saturated rings. The first-order valence-electron chi connectivity index (χ1n) is 12.8. The van der Waals surface area contributed by atoms with Crippen LogP contribution in [0.25, 0.3) is 0 Å². The predicted octanol–water partition coefficient (Wildman–Crippen LogP) is 3.67. The summed E-state index contributed by atoms with van der Waals surface area (Å²) in [5.74, 6) is 3.88. The number of hydrogen-bond acceptors (Lipinski definition) is 7. The fraction of sp³-hybridized carbons (Fsp3) is 0.167. The van der Waals surface area contributed by atoms with Crippen LogP contribution in [0.4, 0.5) is 11.5 Å². The zero-order chi connectivity index (χ0) is 30.4. The highest BCUT2D eigenvalue weighted by molar-refractivity contribution is 7.94. The van der Waals surface area contributed by atoms with E-state index in [-0.39, 0.29) is 39.9 Å². The summed E-state index contributed by atoms with van der Waals surface area (Å²) in [6.07, 6.45) is 0.989. The average Bonchev–Trinajstić information content (AvgIpc) is 3.30. The summed E-state index contributed by atoms with van der Waals surface area (Å²) >= 11 is 0. The lowest BCUT2D eigenvalue weighted by atomic mass is 10.1. The van der Waals surface area contributed by atoms with Crippen molar-refractivity contribution in [1.82, 2.24) is 14.8 Å². The molecule has 4 rings (SSSR count). The number of nitrogen functional groups attached to an aromatic ring is 1. The highest BCUT2D eigenvalue weighted by Crippen LogP contribution is 2.19. The summed E-state index contributed by atoms with van der Waals surface area (Å²) in [6, 6.07) is 16.3. The first-order chi connectivity index (χ1) is 20.0. The number of carboxylic acid groups (broad SMARTS) is 1. The van der Waals surface area contributed by atoms with Gasteiger partial charge in [0.05, 0.1) is 33.0 Å². The van der Waals surface area contributed by atoms with Crippen LogP contribution in [0.3, 0.4) is 0 Å². The molecule has 0 radical (unpaired) electrons. The molecule has 0 spiro atoms. The number of carboxylic acids is 1. The van der Waals surface area contributed by atoms with Crippen molar-refractivity contribution < 1.29 is 23.7 Å². The Kier molecular flexibility index (Phi) is 8.83. The fourth-order valence-electron chi connectivity index (χ4n) is 4.02. The van der Waals surface area contributed by atoms with E-state index in [9.17, 15) is 18.6 Å². The topological polar surface area (TPSA) is 170 Å². The number of benzene rings is 2. The van der Waals surface area contributed by atoms with Gasteiger partial charge in [-0.3, -0.25) is 19.1 Å². The van der Waals surface area contributed by atoms with Crippen LogP contribution in [0.5, 0.6) is 0 Å². The molecular formula is C30H28N6O5S. The van der Waals surface area contributed by atoms with Crippen molar-refractivity contribution >= 4 is 39.0 Å². The number of aromatic nitrogens is 3. The molecule has 2 amide bonds. The second-order valence-corrected chi connectivity index (χ2v) is 11.8. The summed E-state index contributed by atoms with van der Waals surface area (Å²) in [4.78, 5) is 41.1. The number of aryl methyl sites for hydroxylation is 2. The number of amides is 2. The number of nitrogens with one attached hydrogen (secondary N) is 1. The van der Waals surface area contributed by atoms with Crippen molar-refractivity contribution in [3.05, 3.63) is 101 Å². The molecule has 0 aliphatic rings. The van der Waals surface area contributed by atoms with Gasteiger partial charge in [0.15, 0.2) is 0 Å². The van der Waals surface area contributed by atoms with Gasteiger partial charge in [0.2, 0.25) is 0 Å². The Labute approximate surface area is 243 Å². The summed E-state index contributed by atoms with van der Waals surface area (Å²) < 4.78 is 19.1. The number of pyridine rings is 1. The second-order valence-electron chi connectivity index (χ2n) is 9.28. The van der Waals surface area contributed by atoms with Crippen LogP contribution in [-0.4, -0.2) is 47.6 Å². The lowest BCUT2D eigenvalue weighted by Gasteiger charge is -2.09. The molecule has 1 atom stereocenters. The van der Waals surface area contributed by atoms with E-state index in [0.717, 1.165) is 5.69 Å². The summed E-state index contributed by atoms with van der Waals surface area (Å²) in [7, 11) is -1.49. The van der Waals surface area contributed by atoms with Gasteiger partial charge in [-0.25, -0.2) is 9.19 Å². The van der Waals surface area contributed by atoms with Gasteiger partial charge in [-0.05, 0) is 55.0 Å². The van der Waals surface area contributed by atoms with Gasteiger partial charge in [0.25, 0.3) is 11.8 Å². The minimum absolute atomic E-state index is 0.0391. The molecule has 12 heteroatoms. The first kappa shape index (κ1) is 29.7. The number of carbonyl (C=O) groups is 3. The largest absolute Gasteiger partial charge is 0.481 e. The van der Waals surface area contributed by atoms with Crippen LogP contribution in [0.1, 0.15) is 50.2 Å². The number of rotatable bonds is 7. The van der Waals surface area contributed by atoms with E-state index >= 15 is 0 Å². The third-order valence-electron chi connectivity index (χ3n) is 6.11. The van der Waals surface area contributed by atoms with Crippen LogP contribution in [-0.2, 0) is 28.0 Å². The second kappa shape index (κ2) is 12.5. The van der Waals surface area contributed by atoms with Crippen LogP contribution in [0.2, 0.25) is 0 Å². The Morgan fingerprint density at radius 1 is 1.10 bits per heavy atom. The van der Waals surface area contributed by atoms with Gasteiger partial charge < -0.3 is 16.2 Å². The van der Waals surface area contributed by atoms with Gasteiger partial charge in [0.1, 0.15) is 11.5 Å². The third kappa shape index (κ3) is 7.07. The fourth-order valence-corrected chi connectivity index (χ4v) is 5.59. The number of nitrogens with two attached hydrogens (primary N) is 1. The van der Waals surface area contributed by atoms with E-state index in [4.69, 9.17) is 10.8 Å². The SMILES string of the molecule is CCS(=O)(=NC(=O)c1cnc(N)c(C#Cc2cccc(NC(=O)c3cc(C)nn3C)c2)c1)c1cccc(CC(=O)O)c1. The maximum absolute atomic E-state index is 13.6. The molecule has 0 aliphatic carbocycles. The summed E-state index contributed by atoms with van der Waals surface area (Å²) in [5, 5.41) is 16.1. The normalized spacial score (nSPS) is 12.0. The van der Waals surface area contributed by atoms with Gasteiger partial charge in [-0.1, -0.05) is 37.0 Å². The Bertz CT molecular complexity index is 1890. The van der Waals surface area contributed by atoms with Gasteiger partial charge >= 0.3 is 5.97 Å². The molecule has 2 aromatic heterocycles. The molecule has 1 unspecified atom stereocenters. The Morgan fingerprint density at radius 3 is 2.55 bits per heavy atom. The van der Waals surface area contributed by atoms with E-state index < -0.39 is 21.6 Å². The molecule has 4 aromatic rings. The zero-order valence-corrected chi connectivity index (χ0v) is 23.9. The molecule has 0 bridgehead atoms. The molecule has 2 heterocycles. The molecule has 2 aromatic carbocycles. The number of carbonyl (C=O) groups excluding carboxylic acids is 2. The van der Waals surface area contributed by atoms with E-state index in [1.54, 1.807) is 69.4 Å². The Hall–Kier alpha value is -5.28. The van der Waals surface area contributed by atoms with Crippen molar-refractivity contribution in [1.29, 1.82) is 0 Å². The van der Waals surface area contributed by atoms with Gasteiger partial charge in [-0.15, -0.1) is 0 Å². The van der Waals surface area contributed by atoms with Crippen molar-refractivity contribution in [2.75, 3.05) is 16.8 Å². The number of nitrogens with zero attached hydrogens (tertiary/aromatic N) is 4. The molecule has 11 nitrogen and oxygen atoms in total. The van der Waals surface area contributed by atoms with Crippen molar-refractivity contribution in [3.8, 4) is 11.8 Å². The number of aliphatic carboxylic acids is 1. The predicted molar refractivity (Wildman–Crippen MR) is 158 cm³/mol. The van der Waals surface area contributed by atoms with Crippen molar-refractivity contribution in [2.45, 2.75) is 25.2 Å². The molecule has 42 heavy (non-hydrogen) atoms. The average molecular weight is 585 g/mol. The Morgan fingerprint density at radius 2 is 1.86 bits per heavy atom. The molecule has 0 aliphatic heterocycles. The van der Waals surface area contributed by atoms with E-state index in [1.807, 2.05) is 0 Å². The Balaban J connectivity index is 1.58. The number of hydrogen-bond donors (Lipinski definition) is 3. The molecular weight excluding hydrogens is 556 g/mol. The monoisotopic (exact) mass is 584 g/mol. The molecule has 4 N–H and O–H groups in total. The third-order valence-corrected chi connectivity index (χ3v) is 8.34. The molecule has 0 saturated heterocycles. The van der Waals surface area contributed by atoms with Crippen LogP contribution in [0.15, 0.2) is 76.1 Å². The highest BCUT2D eigenvalue weighted by Gasteiger charge is 2.17. The van der Waals surface area contributed by atoms with Crippen LogP contribution in [0, 0.1) is 18.8 Å². The summed E-state index contributed by atoms with van der Waals surface area (Å²) in [5.41, 5.74) is 9.01. The quantitative estimate of drug-likeness (QED) is 0.276. The maximum atomic E-state index is 13.6. The van der Waals surface area contributed by atoms with Gasteiger partial charge in [0, 0.05) is 35.1 Å². The van der Waals surface area contributed by atoms with E-state index in [1.165, 1.54) is 23.0 Å². The maximum Gasteiger partial charge on any atom is 0.307 e. The van der Waals surface area contributed by atoms with E-state index in [0.29, 0.717) is 22.5 Å². The summed E-state index contributed by atoms with van der Waals surface area (Å²) in [6.45, 7) is 3.44. The van der Waals surface area contributed by atoms with Crippen molar-refractivity contribution in [2.24, 2.45) is 11.4 Å². The first-order valence-corrected chi connectivity index (χ1v) is 14.5. The van der Waals surface area contributed by atoms with E-state index in [2.05, 4.69) is 31.6 Å². The number of anilines is 2. The molecule has 214 valence electrons. The standard InChI is InChI=1S/C30H28N6O5S/c1-4-42(41,25-10-6-8-21(15-25)16-27(37)38)35-29(39)23-17-22(28(31)32-18-23)12-11-20-7-5-9-24(14-20)33-30(40)26-13-19(2)34-36(26)3/h5-10,13-15,17-18H,4,16H2,1-3H3,(H2,31,32)(H,33,40)(H,37,38).